The lowest BCUT2D eigenvalue weighted by Gasteiger charge is -2.26. The molecular weight excluding hydrogens is 261 g/mol. The Hall–Kier alpha value is -1.60. The summed E-state index contributed by atoms with van der Waals surface area (Å²) < 4.78 is 37.5. The van der Waals surface area contributed by atoms with Crippen molar-refractivity contribution in [3.05, 3.63) is 35.4 Å². The molecule has 0 saturated carbocycles. The third-order valence-corrected chi connectivity index (χ3v) is 2.69. The van der Waals surface area contributed by atoms with Crippen molar-refractivity contribution in [2.24, 2.45) is 5.73 Å². The van der Waals surface area contributed by atoms with E-state index in [1.165, 1.54) is 0 Å². The molecule has 106 valence electrons. The molecule has 0 aromatic heterocycles. The van der Waals surface area contributed by atoms with Gasteiger partial charge in [0.1, 0.15) is 0 Å². The van der Waals surface area contributed by atoms with E-state index in [0.717, 1.165) is 0 Å². The van der Waals surface area contributed by atoms with Crippen molar-refractivity contribution >= 4 is 5.91 Å². The van der Waals surface area contributed by atoms with Crippen molar-refractivity contribution in [3.8, 4) is 0 Å². The largest absolute Gasteiger partial charge is 0.415 e. The van der Waals surface area contributed by atoms with E-state index in [-0.39, 0.29) is 13.2 Å². The van der Waals surface area contributed by atoms with Crippen molar-refractivity contribution in [2.45, 2.75) is 31.8 Å². The highest BCUT2D eigenvalue weighted by Crippen LogP contribution is 2.27. The maximum atomic E-state index is 12.5. The van der Waals surface area contributed by atoms with Gasteiger partial charge in [0, 0.05) is 6.54 Å². The summed E-state index contributed by atoms with van der Waals surface area (Å²) in [4.78, 5) is 11.4. The average Bonchev–Trinajstić information content (AvgIpc) is 2.34. The van der Waals surface area contributed by atoms with E-state index in [2.05, 4.69) is 5.32 Å². The van der Waals surface area contributed by atoms with E-state index in [1.807, 2.05) is 0 Å². The van der Waals surface area contributed by atoms with Crippen LogP contribution in [0.2, 0.25) is 0 Å². The molecule has 1 aromatic carbocycles. The van der Waals surface area contributed by atoms with E-state index in [1.54, 1.807) is 24.3 Å². The van der Waals surface area contributed by atoms with Crippen molar-refractivity contribution < 1.29 is 23.1 Å². The van der Waals surface area contributed by atoms with Crippen molar-refractivity contribution in [1.82, 2.24) is 5.32 Å². The number of nitrogens with one attached hydrogen (secondary N) is 1. The zero-order valence-electron chi connectivity index (χ0n) is 10.3. The van der Waals surface area contributed by atoms with E-state index in [4.69, 9.17) is 10.8 Å². The third-order valence-electron chi connectivity index (χ3n) is 2.69. The van der Waals surface area contributed by atoms with Crippen LogP contribution in [0.4, 0.5) is 13.2 Å². The second kappa shape index (κ2) is 5.58. The highest BCUT2D eigenvalue weighted by atomic mass is 19.4. The molecule has 19 heavy (non-hydrogen) atoms. The molecule has 0 radical (unpaired) electrons. The van der Waals surface area contributed by atoms with Crippen LogP contribution >= 0.6 is 0 Å². The predicted octanol–water partition coefficient (Wildman–Crippen LogP) is 1.07. The second-order valence-electron chi connectivity index (χ2n) is 4.36. The van der Waals surface area contributed by atoms with Gasteiger partial charge in [0.15, 0.2) is 5.54 Å². The Kier molecular flexibility index (Phi) is 4.54. The number of aliphatic hydroxyl groups excluding tert-OH is 1. The van der Waals surface area contributed by atoms with Crippen LogP contribution in [0.25, 0.3) is 0 Å². The molecule has 0 heterocycles. The standard InChI is InChI=1S/C12H15F3N2O2/c1-11(16,12(13,14)15)10(19)17-6-8-3-2-4-9(5-8)7-18/h2-5,18H,6-7,16H2,1H3,(H,17,19). The first-order chi connectivity index (χ1) is 8.68. The van der Waals surface area contributed by atoms with Gasteiger partial charge >= 0.3 is 6.18 Å². The quantitative estimate of drug-likeness (QED) is 0.770. The number of rotatable bonds is 4. The summed E-state index contributed by atoms with van der Waals surface area (Å²) in [6.45, 7) is 0.348. The molecule has 1 rings (SSSR count). The maximum Gasteiger partial charge on any atom is 0.415 e. The van der Waals surface area contributed by atoms with E-state index in [9.17, 15) is 18.0 Å². The predicted molar refractivity (Wildman–Crippen MR) is 62.9 cm³/mol. The zero-order chi connectivity index (χ0) is 14.7. The Morgan fingerprint density at radius 1 is 1.37 bits per heavy atom. The van der Waals surface area contributed by atoms with Gasteiger partial charge in [-0.3, -0.25) is 4.79 Å². The first kappa shape index (κ1) is 15.5. The van der Waals surface area contributed by atoms with E-state index < -0.39 is 17.6 Å². The fraction of sp³-hybridized carbons (Fsp3) is 0.417. The van der Waals surface area contributed by atoms with Crippen LogP contribution in [0.5, 0.6) is 0 Å². The molecule has 1 unspecified atom stereocenters. The molecule has 1 aromatic rings. The van der Waals surface area contributed by atoms with Crippen LogP contribution in [0.1, 0.15) is 18.1 Å². The monoisotopic (exact) mass is 276 g/mol. The van der Waals surface area contributed by atoms with Gasteiger partial charge in [-0.05, 0) is 18.1 Å². The molecule has 1 atom stereocenters. The molecule has 0 aliphatic rings. The number of hydrogen-bond acceptors (Lipinski definition) is 3. The maximum absolute atomic E-state index is 12.5. The molecule has 1 amide bonds. The van der Waals surface area contributed by atoms with E-state index >= 15 is 0 Å². The number of aliphatic hydroxyl groups is 1. The minimum Gasteiger partial charge on any atom is -0.392 e. The minimum absolute atomic E-state index is 0.0878. The molecule has 0 saturated heterocycles. The van der Waals surface area contributed by atoms with Gasteiger partial charge in [0.05, 0.1) is 6.61 Å². The summed E-state index contributed by atoms with van der Waals surface area (Å²) in [5, 5.41) is 11.1. The van der Waals surface area contributed by atoms with Crippen molar-refractivity contribution in [3.63, 3.8) is 0 Å². The van der Waals surface area contributed by atoms with Crippen LogP contribution in [0, 0.1) is 0 Å². The number of carbonyl (C=O) groups excluding carboxylic acids is 1. The van der Waals surface area contributed by atoms with Gasteiger partial charge in [0.25, 0.3) is 0 Å². The highest BCUT2D eigenvalue weighted by molar-refractivity contribution is 5.86. The first-order valence-corrected chi connectivity index (χ1v) is 5.51. The summed E-state index contributed by atoms with van der Waals surface area (Å²) in [5.74, 6) is -1.30. The third kappa shape index (κ3) is 3.68. The van der Waals surface area contributed by atoms with Crippen LogP contribution in [-0.4, -0.2) is 22.7 Å². The Labute approximate surface area is 108 Å². The van der Waals surface area contributed by atoms with Crippen molar-refractivity contribution in [2.75, 3.05) is 0 Å². The Balaban J connectivity index is 2.69. The molecule has 0 fully saturated rings. The normalized spacial score (nSPS) is 14.8. The summed E-state index contributed by atoms with van der Waals surface area (Å²) in [7, 11) is 0. The van der Waals surface area contributed by atoms with Crippen LogP contribution in [0.15, 0.2) is 24.3 Å². The van der Waals surface area contributed by atoms with Crippen LogP contribution in [-0.2, 0) is 17.9 Å². The molecule has 0 spiro atoms. The second-order valence-corrected chi connectivity index (χ2v) is 4.36. The topological polar surface area (TPSA) is 75.4 Å². The molecule has 0 aliphatic carbocycles. The van der Waals surface area contributed by atoms with Gasteiger partial charge in [0.2, 0.25) is 5.91 Å². The summed E-state index contributed by atoms with van der Waals surface area (Å²) in [5.41, 5.74) is 3.24. The Morgan fingerprint density at radius 2 is 1.95 bits per heavy atom. The summed E-state index contributed by atoms with van der Waals surface area (Å²) in [6, 6.07) is 6.51. The highest BCUT2D eigenvalue weighted by Gasteiger charge is 2.53. The number of carbonyl (C=O) groups is 1. The molecule has 7 heteroatoms. The lowest BCUT2D eigenvalue weighted by Crippen LogP contribution is -2.61. The van der Waals surface area contributed by atoms with Gasteiger partial charge < -0.3 is 16.2 Å². The van der Waals surface area contributed by atoms with Gasteiger partial charge in [-0.25, -0.2) is 0 Å². The number of hydrogen-bond donors (Lipinski definition) is 3. The first-order valence-electron chi connectivity index (χ1n) is 5.51. The summed E-state index contributed by atoms with van der Waals surface area (Å²) in [6.07, 6.45) is -4.82. The Bertz CT molecular complexity index is 459. The minimum atomic E-state index is -4.82. The van der Waals surface area contributed by atoms with Crippen molar-refractivity contribution in [1.29, 1.82) is 0 Å². The Morgan fingerprint density at radius 3 is 2.47 bits per heavy atom. The molecule has 4 nitrogen and oxygen atoms in total. The number of alkyl halides is 3. The van der Waals surface area contributed by atoms with Gasteiger partial charge in [-0.2, -0.15) is 13.2 Å². The number of benzene rings is 1. The van der Waals surface area contributed by atoms with E-state index in [0.29, 0.717) is 18.1 Å². The number of nitrogens with two attached hydrogens (primary N) is 1. The average molecular weight is 276 g/mol. The number of amides is 1. The number of halogens is 3. The fourth-order valence-electron chi connectivity index (χ4n) is 1.33. The lowest BCUT2D eigenvalue weighted by atomic mass is 10.0. The lowest BCUT2D eigenvalue weighted by molar-refractivity contribution is -0.187. The van der Waals surface area contributed by atoms with Gasteiger partial charge in [-0.1, -0.05) is 24.3 Å². The zero-order valence-corrected chi connectivity index (χ0v) is 10.3. The summed E-state index contributed by atoms with van der Waals surface area (Å²) >= 11 is 0. The SMILES string of the molecule is CC(N)(C(=O)NCc1cccc(CO)c1)C(F)(F)F. The smallest absolute Gasteiger partial charge is 0.392 e. The van der Waals surface area contributed by atoms with Crippen LogP contribution < -0.4 is 11.1 Å². The van der Waals surface area contributed by atoms with Crippen LogP contribution in [0.3, 0.4) is 0 Å². The molecular formula is C12H15F3N2O2. The molecule has 4 N–H and O–H groups in total. The fourth-order valence-corrected chi connectivity index (χ4v) is 1.33. The van der Waals surface area contributed by atoms with Gasteiger partial charge in [-0.15, -0.1) is 0 Å². The molecule has 0 bridgehead atoms. The molecule has 0 aliphatic heterocycles.